The van der Waals surface area contributed by atoms with Gasteiger partial charge in [0, 0.05) is 49.0 Å². The first-order valence-corrected chi connectivity index (χ1v) is 14.7. The van der Waals surface area contributed by atoms with Crippen LogP contribution in [0.5, 0.6) is 0 Å². The van der Waals surface area contributed by atoms with E-state index in [1.807, 2.05) is 18.5 Å². The predicted molar refractivity (Wildman–Crippen MR) is 171 cm³/mol. The minimum Gasteiger partial charge on any atom is -0.366 e. The second-order valence-electron chi connectivity index (χ2n) is 13.4. The normalized spacial score (nSPS) is 15.9. The maximum absolute atomic E-state index is 11.5. The van der Waals surface area contributed by atoms with Gasteiger partial charge in [0.15, 0.2) is 11.5 Å². The molecule has 3 N–H and O–H groups in total. The molecule has 0 atom stereocenters. The number of rotatable bonds is 7. The van der Waals surface area contributed by atoms with E-state index in [0.29, 0.717) is 17.2 Å². The Hall–Kier alpha value is -3.98. The van der Waals surface area contributed by atoms with Crippen LogP contribution in [-0.4, -0.2) is 55.5 Å². The SMILES string of the molecule is Cc1ccc(C(C)(C)C)cc1Nc1nc(N2CCN(Cc3ccc(C(N)=O)cc3)C(C)(C)C2)nc2ncn(C(C)C)c12. The third kappa shape index (κ3) is 5.97. The molecule has 3 heterocycles. The number of carbonyl (C=O) groups is 1. The summed E-state index contributed by atoms with van der Waals surface area (Å²) in [5.41, 5.74) is 12.1. The van der Waals surface area contributed by atoms with Crippen molar-refractivity contribution in [2.24, 2.45) is 5.73 Å². The zero-order valence-corrected chi connectivity index (χ0v) is 26.2. The molecule has 1 aliphatic heterocycles. The summed E-state index contributed by atoms with van der Waals surface area (Å²) in [6, 6.07) is 14.4. The maximum atomic E-state index is 11.5. The minimum absolute atomic E-state index is 0.0329. The number of aryl methyl sites for hydroxylation is 1. The van der Waals surface area contributed by atoms with Crippen molar-refractivity contribution in [3.05, 3.63) is 71.0 Å². The number of nitrogens with zero attached hydrogens (tertiary/aromatic N) is 6. The first-order chi connectivity index (χ1) is 19.7. The fraction of sp³-hybridized carbons (Fsp3) is 0.455. The Morgan fingerprint density at radius 1 is 1.07 bits per heavy atom. The highest BCUT2D eigenvalue weighted by Gasteiger charge is 2.35. The summed E-state index contributed by atoms with van der Waals surface area (Å²) >= 11 is 0. The third-order valence-electron chi connectivity index (χ3n) is 8.30. The van der Waals surface area contributed by atoms with E-state index in [2.05, 4.69) is 93.3 Å². The lowest BCUT2D eigenvalue weighted by molar-refractivity contribution is 0.0954. The van der Waals surface area contributed by atoms with E-state index < -0.39 is 5.91 Å². The van der Waals surface area contributed by atoms with Gasteiger partial charge in [-0.15, -0.1) is 0 Å². The van der Waals surface area contributed by atoms with Crippen LogP contribution in [0.1, 0.15) is 81.6 Å². The van der Waals surface area contributed by atoms with Crippen molar-refractivity contribution < 1.29 is 4.79 Å². The quantitative estimate of drug-likeness (QED) is 0.284. The fourth-order valence-electron chi connectivity index (χ4n) is 5.55. The number of imidazole rings is 1. The number of anilines is 3. The van der Waals surface area contributed by atoms with E-state index >= 15 is 0 Å². The Morgan fingerprint density at radius 3 is 2.40 bits per heavy atom. The minimum atomic E-state index is -0.406. The van der Waals surface area contributed by atoms with Crippen LogP contribution in [0.3, 0.4) is 0 Å². The van der Waals surface area contributed by atoms with E-state index in [1.165, 1.54) is 5.56 Å². The van der Waals surface area contributed by atoms with E-state index in [9.17, 15) is 4.79 Å². The van der Waals surface area contributed by atoms with Crippen molar-refractivity contribution in [1.82, 2.24) is 24.4 Å². The van der Waals surface area contributed by atoms with Gasteiger partial charge in [0.25, 0.3) is 0 Å². The van der Waals surface area contributed by atoms with Crippen LogP contribution < -0.4 is 16.0 Å². The van der Waals surface area contributed by atoms with Gasteiger partial charge in [0.05, 0.1) is 6.33 Å². The Labute approximate surface area is 249 Å². The van der Waals surface area contributed by atoms with Crippen LogP contribution in [0.15, 0.2) is 48.8 Å². The molecule has 0 radical (unpaired) electrons. The summed E-state index contributed by atoms with van der Waals surface area (Å²) in [6.45, 7) is 20.8. The molecule has 1 fully saturated rings. The molecule has 2 aromatic carbocycles. The molecule has 0 saturated carbocycles. The van der Waals surface area contributed by atoms with E-state index in [1.54, 1.807) is 12.1 Å². The summed E-state index contributed by atoms with van der Waals surface area (Å²) in [5, 5.41) is 3.68. The topological polar surface area (TPSA) is 105 Å². The number of piperazine rings is 1. The first kappa shape index (κ1) is 29.5. The number of nitrogens with two attached hydrogens (primary N) is 1. The van der Waals surface area contributed by atoms with E-state index in [0.717, 1.165) is 54.3 Å². The zero-order valence-electron chi connectivity index (χ0n) is 26.2. The van der Waals surface area contributed by atoms with Gasteiger partial charge >= 0.3 is 0 Å². The first-order valence-electron chi connectivity index (χ1n) is 14.7. The standard InChI is InChI=1S/C33H44N8O/c1-21(2)41-20-35-29-27(41)30(36-26-17-25(32(4,5)6)14-9-22(26)3)38-31(37-29)39-15-16-40(33(7,8)19-39)18-23-10-12-24(13-11-23)28(34)42/h9-14,17,20-21H,15-16,18-19H2,1-8H3,(H2,34,42)(H,36,37,38). The summed E-state index contributed by atoms with van der Waals surface area (Å²) < 4.78 is 2.13. The Morgan fingerprint density at radius 2 is 1.79 bits per heavy atom. The lowest BCUT2D eigenvalue weighted by Gasteiger charge is -2.47. The molecule has 1 aliphatic rings. The van der Waals surface area contributed by atoms with Crippen LogP contribution >= 0.6 is 0 Å². The number of benzene rings is 2. The molecule has 0 bridgehead atoms. The lowest BCUT2D eigenvalue weighted by Crippen LogP contribution is -2.59. The lowest BCUT2D eigenvalue weighted by atomic mass is 9.86. The van der Waals surface area contributed by atoms with Crippen molar-refractivity contribution in [2.75, 3.05) is 29.9 Å². The number of hydrogen-bond donors (Lipinski definition) is 2. The molecule has 9 heteroatoms. The van der Waals surface area contributed by atoms with Crippen molar-refractivity contribution in [1.29, 1.82) is 0 Å². The van der Waals surface area contributed by atoms with Gasteiger partial charge in [-0.1, -0.05) is 45.0 Å². The van der Waals surface area contributed by atoms with Crippen molar-refractivity contribution in [3.8, 4) is 0 Å². The molecule has 5 rings (SSSR count). The molecule has 1 amide bonds. The average molecular weight is 569 g/mol. The van der Waals surface area contributed by atoms with Gasteiger partial charge in [-0.25, -0.2) is 4.98 Å². The molecular formula is C33H44N8O. The van der Waals surface area contributed by atoms with Gasteiger partial charge < -0.3 is 20.5 Å². The Balaban J connectivity index is 1.45. The number of fused-ring (bicyclic) bond motifs is 1. The van der Waals surface area contributed by atoms with E-state index in [-0.39, 0.29) is 17.0 Å². The van der Waals surface area contributed by atoms with Gasteiger partial charge in [-0.3, -0.25) is 9.69 Å². The molecule has 2 aromatic heterocycles. The molecule has 222 valence electrons. The van der Waals surface area contributed by atoms with Gasteiger partial charge in [0.2, 0.25) is 11.9 Å². The highest BCUT2D eigenvalue weighted by atomic mass is 16.1. The third-order valence-corrected chi connectivity index (χ3v) is 8.30. The van der Waals surface area contributed by atoms with Crippen LogP contribution in [0.25, 0.3) is 11.2 Å². The van der Waals surface area contributed by atoms with Crippen molar-refractivity contribution in [2.45, 2.75) is 78.9 Å². The number of nitrogens with one attached hydrogen (secondary N) is 1. The summed E-state index contributed by atoms with van der Waals surface area (Å²) in [4.78, 5) is 31.0. The molecule has 9 nitrogen and oxygen atoms in total. The molecule has 4 aromatic rings. The highest BCUT2D eigenvalue weighted by Crippen LogP contribution is 2.33. The van der Waals surface area contributed by atoms with Gasteiger partial charge in [-0.2, -0.15) is 9.97 Å². The van der Waals surface area contributed by atoms with Gasteiger partial charge in [-0.05, 0) is 74.9 Å². The highest BCUT2D eigenvalue weighted by molar-refractivity contribution is 5.92. The van der Waals surface area contributed by atoms with Crippen LogP contribution in [0, 0.1) is 6.92 Å². The molecular weight excluding hydrogens is 524 g/mol. The largest absolute Gasteiger partial charge is 0.366 e. The molecule has 0 unspecified atom stereocenters. The fourth-order valence-corrected chi connectivity index (χ4v) is 5.55. The van der Waals surface area contributed by atoms with E-state index in [4.69, 9.17) is 20.7 Å². The van der Waals surface area contributed by atoms with Crippen LogP contribution in [0.2, 0.25) is 0 Å². The number of aromatic nitrogens is 4. The summed E-state index contributed by atoms with van der Waals surface area (Å²) in [5.74, 6) is 1.05. The van der Waals surface area contributed by atoms with Gasteiger partial charge in [0.1, 0.15) is 5.52 Å². The molecule has 42 heavy (non-hydrogen) atoms. The summed E-state index contributed by atoms with van der Waals surface area (Å²) in [6.07, 6.45) is 1.86. The van der Waals surface area contributed by atoms with Crippen LogP contribution in [-0.2, 0) is 12.0 Å². The van der Waals surface area contributed by atoms with Crippen molar-refractivity contribution >= 4 is 34.5 Å². The smallest absolute Gasteiger partial charge is 0.248 e. The van der Waals surface area contributed by atoms with Crippen LogP contribution in [0.4, 0.5) is 17.5 Å². The zero-order chi connectivity index (χ0) is 30.4. The van der Waals surface area contributed by atoms with Crippen molar-refractivity contribution in [3.63, 3.8) is 0 Å². The second kappa shape index (κ2) is 11.0. The molecule has 0 spiro atoms. The molecule has 0 aliphatic carbocycles. The predicted octanol–water partition coefficient (Wildman–Crippen LogP) is 5.96. The number of primary amides is 1. The maximum Gasteiger partial charge on any atom is 0.248 e. The number of hydrogen-bond acceptors (Lipinski definition) is 7. The number of amides is 1. The second-order valence-corrected chi connectivity index (χ2v) is 13.4. The average Bonchev–Trinajstić information content (AvgIpc) is 3.35. The summed E-state index contributed by atoms with van der Waals surface area (Å²) in [7, 11) is 0. The Kier molecular flexibility index (Phi) is 7.74. The monoisotopic (exact) mass is 568 g/mol. The number of carbonyl (C=O) groups excluding carboxylic acids is 1. The molecule has 1 saturated heterocycles. The Bertz CT molecular complexity index is 1600.